The number of carbonyl (C=O) groups excluding carboxylic acids is 1. The Balaban J connectivity index is 2.17. The molecule has 6 heteroatoms. The molecule has 2 unspecified atom stereocenters. The fourth-order valence-corrected chi connectivity index (χ4v) is 3.25. The van der Waals surface area contributed by atoms with Crippen LogP contribution in [0.25, 0.3) is 0 Å². The molecule has 19 heavy (non-hydrogen) atoms. The molecule has 0 aromatic rings. The molecule has 2 fully saturated rings. The van der Waals surface area contributed by atoms with Crippen LogP contribution in [-0.4, -0.2) is 63.3 Å². The first kappa shape index (κ1) is 14.1. The Morgan fingerprint density at radius 1 is 1.37 bits per heavy atom. The maximum absolute atomic E-state index is 12.5. The van der Waals surface area contributed by atoms with Crippen LogP contribution in [0.15, 0.2) is 0 Å². The van der Waals surface area contributed by atoms with Gasteiger partial charge in [0.1, 0.15) is 5.54 Å². The Bertz CT molecular complexity index is 374. The number of urea groups is 1. The molecular weight excluding hydrogens is 248 g/mol. The van der Waals surface area contributed by atoms with E-state index in [1.807, 2.05) is 6.92 Å². The predicted molar refractivity (Wildman–Crippen MR) is 68.8 cm³/mol. The number of nitrogens with zero attached hydrogens (tertiary/aromatic N) is 2. The van der Waals surface area contributed by atoms with Crippen molar-refractivity contribution in [1.82, 2.24) is 9.80 Å². The number of rotatable bonds is 3. The summed E-state index contributed by atoms with van der Waals surface area (Å²) in [5.74, 6) is -0.903. The number of aliphatic carboxylic acids is 1. The fourth-order valence-electron chi connectivity index (χ4n) is 3.25. The fraction of sp³-hybridized carbons (Fsp3) is 0.846. The predicted octanol–water partition coefficient (Wildman–Crippen LogP) is 0.892. The highest BCUT2D eigenvalue weighted by atomic mass is 16.4. The smallest absolute Gasteiger partial charge is 0.329 e. The van der Waals surface area contributed by atoms with E-state index < -0.39 is 17.6 Å². The minimum atomic E-state index is -1.04. The van der Waals surface area contributed by atoms with E-state index in [1.165, 1.54) is 4.90 Å². The van der Waals surface area contributed by atoms with Crippen molar-refractivity contribution in [2.45, 2.75) is 50.7 Å². The number of aliphatic hydroxyl groups is 1. The van der Waals surface area contributed by atoms with Gasteiger partial charge in [-0.2, -0.15) is 0 Å². The first-order valence-corrected chi connectivity index (χ1v) is 6.99. The zero-order valence-electron chi connectivity index (χ0n) is 11.3. The lowest BCUT2D eigenvalue weighted by Crippen LogP contribution is -2.56. The molecule has 2 amide bonds. The molecule has 0 spiro atoms. The number of aliphatic hydroxyl groups excluding tert-OH is 1. The number of hydrogen-bond donors (Lipinski definition) is 2. The van der Waals surface area contributed by atoms with Crippen LogP contribution in [0, 0.1) is 0 Å². The lowest BCUT2D eigenvalue weighted by Gasteiger charge is -2.37. The second-order valence-electron chi connectivity index (χ2n) is 5.51. The van der Waals surface area contributed by atoms with Crippen molar-refractivity contribution < 1.29 is 19.8 Å². The molecule has 2 atom stereocenters. The molecule has 6 nitrogen and oxygen atoms in total. The van der Waals surface area contributed by atoms with E-state index in [9.17, 15) is 19.8 Å². The molecule has 2 saturated heterocycles. The Morgan fingerprint density at radius 2 is 2.11 bits per heavy atom. The quantitative estimate of drug-likeness (QED) is 0.798. The van der Waals surface area contributed by atoms with Gasteiger partial charge in [-0.25, -0.2) is 9.59 Å². The minimum Gasteiger partial charge on any atom is -0.479 e. The van der Waals surface area contributed by atoms with Gasteiger partial charge in [0.15, 0.2) is 0 Å². The first-order chi connectivity index (χ1) is 9.01. The van der Waals surface area contributed by atoms with Crippen molar-refractivity contribution in [1.29, 1.82) is 0 Å². The summed E-state index contributed by atoms with van der Waals surface area (Å²) in [5, 5.41) is 19.1. The molecule has 2 aliphatic heterocycles. The average Bonchev–Trinajstić information content (AvgIpc) is 2.96. The topological polar surface area (TPSA) is 81.1 Å². The average molecular weight is 270 g/mol. The van der Waals surface area contributed by atoms with E-state index in [0.717, 1.165) is 12.8 Å². The lowest BCUT2D eigenvalue weighted by atomic mass is 9.91. The number of amides is 2. The van der Waals surface area contributed by atoms with Gasteiger partial charge in [-0.3, -0.25) is 0 Å². The van der Waals surface area contributed by atoms with Crippen LogP contribution >= 0.6 is 0 Å². The molecule has 2 N–H and O–H groups in total. The summed E-state index contributed by atoms with van der Waals surface area (Å²) >= 11 is 0. The summed E-state index contributed by atoms with van der Waals surface area (Å²) in [7, 11) is 0. The molecule has 0 aliphatic carbocycles. The molecule has 0 saturated carbocycles. The first-order valence-electron chi connectivity index (χ1n) is 6.99. The summed E-state index contributed by atoms with van der Waals surface area (Å²) in [6, 6.07) is -0.232. The normalized spacial score (nSPS) is 30.9. The monoisotopic (exact) mass is 270 g/mol. The molecule has 0 radical (unpaired) electrons. The van der Waals surface area contributed by atoms with E-state index in [4.69, 9.17) is 0 Å². The van der Waals surface area contributed by atoms with Gasteiger partial charge in [-0.15, -0.1) is 0 Å². The van der Waals surface area contributed by atoms with Crippen LogP contribution in [0.3, 0.4) is 0 Å². The zero-order chi connectivity index (χ0) is 14.0. The van der Waals surface area contributed by atoms with Crippen molar-refractivity contribution in [2.75, 3.05) is 19.6 Å². The summed E-state index contributed by atoms with van der Waals surface area (Å²) < 4.78 is 0. The Kier molecular flexibility index (Phi) is 3.99. The molecule has 0 aromatic heterocycles. The van der Waals surface area contributed by atoms with E-state index >= 15 is 0 Å². The third-order valence-corrected chi connectivity index (χ3v) is 4.22. The Labute approximate surface area is 113 Å². The Hall–Kier alpha value is -1.30. The summed E-state index contributed by atoms with van der Waals surface area (Å²) in [6.07, 6.45) is 2.58. The maximum atomic E-state index is 12.5. The third kappa shape index (κ3) is 2.41. The second kappa shape index (κ2) is 5.36. The van der Waals surface area contributed by atoms with Gasteiger partial charge in [0.25, 0.3) is 0 Å². The van der Waals surface area contributed by atoms with Crippen LogP contribution in [0.2, 0.25) is 0 Å². The van der Waals surface area contributed by atoms with Crippen molar-refractivity contribution in [2.24, 2.45) is 0 Å². The maximum Gasteiger partial charge on any atom is 0.329 e. The standard InChI is InChI=1S/C13H22N2O4/c1-2-5-13(11(17)18)6-3-7-15(13)12(19)14-8-4-10(16)9-14/h10,16H,2-9H2,1H3,(H,17,18). The van der Waals surface area contributed by atoms with Crippen molar-refractivity contribution >= 4 is 12.0 Å². The van der Waals surface area contributed by atoms with E-state index in [2.05, 4.69) is 0 Å². The van der Waals surface area contributed by atoms with Crippen LogP contribution in [0.1, 0.15) is 39.0 Å². The number of carbonyl (C=O) groups is 2. The minimum absolute atomic E-state index is 0.232. The van der Waals surface area contributed by atoms with Gasteiger partial charge in [0.05, 0.1) is 6.10 Å². The third-order valence-electron chi connectivity index (χ3n) is 4.22. The molecule has 108 valence electrons. The highest BCUT2D eigenvalue weighted by Gasteiger charge is 2.50. The van der Waals surface area contributed by atoms with Crippen LogP contribution in [0.4, 0.5) is 4.79 Å². The molecule has 0 aromatic carbocycles. The molecular formula is C13H22N2O4. The molecule has 2 aliphatic rings. The second-order valence-corrected chi connectivity index (χ2v) is 5.51. The van der Waals surface area contributed by atoms with Crippen molar-refractivity contribution in [3.8, 4) is 0 Å². The molecule has 2 rings (SSSR count). The van der Waals surface area contributed by atoms with Gasteiger partial charge in [-0.05, 0) is 25.7 Å². The number of carboxylic acids is 1. The molecule has 0 bridgehead atoms. The van der Waals surface area contributed by atoms with E-state index in [1.54, 1.807) is 4.90 Å². The zero-order valence-corrected chi connectivity index (χ0v) is 11.3. The summed E-state index contributed by atoms with van der Waals surface area (Å²) in [5.41, 5.74) is -1.04. The summed E-state index contributed by atoms with van der Waals surface area (Å²) in [4.78, 5) is 27.2. The van der Waals surface area contributed by atoms with Crippen molar-refractivity contribution in [3.63, 3.8) is 0 Å². The lowest BCUT2D eigenvalue weighted by molar-refractivity contribution is -0.148. The van der Waals surface area contributed by atoms with Crippen molar-refractivity contribution in [3.05, 3.63) is 0 Å². The molecule has 2 heterocycles. The number of carboxylic acid groups (broad SMARTS) is 1. The van der Waals surface area contributed by atoms with Gasteiger partial charge >= 0.3 is 12.0 Å². The summed E-state index contributed by atoms with van der Waals surface area (Å²) in [6.45, 7) is 3.26. The van der Waals surface area contributed by atoms with Crippen LogP contribution in [0.5, 0.6) is 0 Å². The van der Waals surface area contributed by atoms with Crippen LogP contribution in [-0.2, 0) is 4.79 Å². The number of likely N-dealkylation sites (tertiary alicyclic amines) is 2. The Morgan fingerprint density at radius 3 is 2.63 bits per heavy atom. The van der Waals surface area contributed by atoms with Gasteiger partial charge < -0.3 is 20.0 Å². The van der Waals surface area contributed by atoms with E-state index in [0.29, 0.717) is 38.9 Å². The van der Waals surface area contributed by atoms with E-state index in [-0.39, 0.29) is 6.03 Å². The largest absolute Gasteiger partial charge is 0.479 e. The van der Waals surface area contributed by atoms with Gasteiger partial charge in [0.2, 0.25) is 0 Å². The van der Waals surface area contributed by atoms with Crippen LogP contribution < -0.4 is 0 Å². The highest BCUT2D eigenvalue weighted by Crippen LogP contribution is 2.35. The number of hydrogen-bond acceptors (Lipinski definition) is 3. The number of β-amino-alcohol motifs (C(OH)–C–C–N with tert-alkyl or cyclic N) is 1. The SMILES string of the molecule is CCCC1(C(=O)O)CCCN1C(=O)N1CCC(O)C1. The highest BCUT2D eigenvalue weighted by molar-refractivity contribution is 5.87. The van der Waals surface area contributed by atoms with Gasteiger partial charge in [-0.1, -0.05) is 13.3 Å². The van der Waals surface area contributed by atoms with Gasteiger partial charge in [0, 0.05) is 19.6 Å².